The minimum absolute atomic E-state index is 0.207. The SMILES string of the molecule is CNc1ccc(NC(=O)c2cc(NC(=O)[C@H]3[C@H](c4cc(Cl)cc(Cl)c4)C3(Cl)Cl)ccc2Cl)c(C)c1. The molecule has 2 amide bonds. The molecule has 0 radical (unpaired) electrons. The normalized spacial score (nSPS) is 18.0. The van der Waals surface area contributed by atoms with Gasteiger partial charge < -0.3 is 16.0 Å². The zero-order valence-corrected chi connectivity index (χ0v) is 22.3. The van der Waals surface area contributed by atoms with Gasteiger partial charge in [-0.2, -0.15) is 0 Å². The summed E-state index contributed by atoms with van der Waals surface area (Å²) >= 11 is 31.3. The fraction of sp³-hybridized carbons (Fsp3) is 0.200. The van der Waals surface area contributed by atoms with Crippen LogP contribution in [-0.4, -0.2) is 23.2 Å². The number of alkyl halides is 2. The molecule has 182 valence electrons. The predicted octanol–water partition coefficient (Wildman–Crippen LogP) is 7.78. The maximum absolute atomic E-state index is 13.0. The Morgan fingerprint density at radius 3 is 2.14 bits per heavy atom. The third-order valence-electron chi connectivity index (χ3n) is 5.82. The molecule has 35 heavy (non-hydrogen) atoms. The lowest BCUT2D eigenvalue weighted by Gasteiger charge is -2.12. The Labute approximate surface area is 228 Å². The quantitative estimate of drug-likeness (QED) is 0.265. The van der Waals surface area contributed by atoms with E-state index in [2.05, 4.69) is 16.0 Å². The van der Waals surface area contributed by atoms with Crippen molar-refractivity contribution in [2.24, 2.45) is 5.92 Å². The van der Waals surface area contributed by atoms with Gasteiger partial charge in [-0.3, -0.25) is 9.59 Å². The van der Waals surface area contributed by atoms with Crippen LogP contribution in [0.5, 0.6) is 0 Å². The fourth-order valence-corrected chi connectivity index (χ4v) is 5.54. The van der Waals surface area contributed by atoms with Crippen LogP contribution in [0, 0.1) is 12.8 Å². The number of carbonyl (C=O) groups excluding carboxylic acids is 2. The topological polar surface area (TPSA) is 70.2 Å². The Hall–Kier alpha value is -2.15. The average Bonchev–Trinajstić information content (AvgIpc) is 3.37. The molecule has 0 heterocycles. The molecule has 3 N–H and O–H groups in total. The molecular weight excluding hydrogens is 552 g/mol. The minimum atomic E-state index is -1.32. The molecule has 5 nitrogen and oxygen atoms in total. The first-order valence-corrected chi connectivity index (χ1v) is 12.4. The number of nitrogens with one attached hydrogen (secondary N) is 3. The van der Waals surface area contributed by atoms with E-state index in [1.54, 1.807) is 36.4 Å². The van der Waals surface area contributed by atoms with E-state index in [-0.39, 0.29) is 10.6 Å². The molecule has 2 atom stereocenters. The second kappa shape index (κ2) is 10.1. The van der Waals surface area contributed by atoms with Gasteiger partial charge in [0.15, 0.2) is 0 Å². The molecule has 4 rings (SSSR count). The number of benzene rings is 3. The molecule has 3 aromatic carbocycles. The lowest BCUT2D eigenvalue weighted by Crippen LogP contribution is -2.18. The number of hydrogen-bond donors (Lipinski definition) is 3. The second-order valence-electron chi connectivity index (χ2n) is 8.25. The van der Waals surface area contributed by atoms with Crippen molar-refractivity contribution in [3.63, 3.8) is 0 Å². The Morgan fingerprint density at radius 1 is 0.857 bits per heavy atom. The Balaban J connectivity index is 1.51. The van der Waals surface area contributed by atoms with Crippen LogP contribution in [0.25, 0.3) is 0 Å². The van der Waals surface area contributed by atoms with Crippen LogP contribution < -0.4 is 16.0 Å². The van der Waals surface area contributed by atoms with E-state index in [4.69, 9.17) is 58.0 Å². The second-order valence-corrected chi connectivity index (χ2v) is 11.0. The van der Waals surface area contributed by atoms with Crippen molar-refractivity contribution in [1.82, 2.24) is 0 Å². The molecule has 1 saturated carbocycles. The van der Waals surface area contributed by atoms with E-state index in [1.165, 1.54) is 6.07 Å². The molecule has 3 aromatic rings. The largest absolute Gasteiger partial charge is 0.388 e. The zero-order valence-electron chi connectivity index (χ0n) is 18.6. The van der Waals surface area contributed by atoms with Gasteiger partial charge in [-0.25, -0.2) is 0 Å². The summed E-state index contributed by atoms with van der Waals surface area (Å²) in [6, 6.07) is 15.2. The molecule has 0 aliphatic heterocycles. The summed E-state index contributed by atoms with van der Waals surface area (Å²) in [5.74, 6) is -2.03. The summed E-state index contributed by atoms with van der Waals surface area (Å²) in [6.07, 6.45) is 0. The molecule has 0 aromatic heterocycles. The predicted molar refractivity (Wildman–Crippen MR) is 146 cm³/mol. The average molecular weight is 572 g/mol. The van der Waals surface area contributed by atoms with Crippen LogP contribution in [0.2, 0.25) is 15.1 Å². The summed E-state index contributed by atoms with van der Waals surface area (Å²) in [7, 11) is 1.82. The Bertz CT molecular complexity index is 1310. The summed E-state index contributed by atoms with van der Waals surface area (Å²) < 4.78 is -1.32. The van der Waals surface area contributed by atoms with Crippen molar-refractivity contribution in [3.8, 4) is 0 Å². The maximum atomic E-state index is 13.0. The van der Waals surface area contributed by atoms with Gasteiger partial charge in [0.2, 0.25) is 5.91 Å². The van der Waals surface area contributed by atoms with Gasteiger partial charge in [0, 0.05) is 40.1 Å². The van der Waals surface area contributed by atoms with E-state index in [0.717, 1.165) is 11.3 Å². The molecule has 10 heteroatoms. The lowest BCUT2D eigenvalue weighted by atomic mass is 10.1. The highest BCUT2D eigenvalue weighted by Gasteiger charge is 2.67. The highest BCUT2D eigenvalue weighted by atomic mass is 35.5. The molecule has 0 unspecified atom stereocenters. The van der Waals surface area contributed by atoms with Crippen molar-refractivity contribution >= 4 is 86.9 Å². The van der Waals surface area contributed by atoms with Crippen LogP contribution in [0.15, 0.2) is 54.6 Å². The summed E-state index contributed by atoms with van der Waals surface area (Å²) in [5.41, 5.74) is 3.71. The van der Waals surface area contributed by atoms with E-state index in [1.807, 2.05) is 26.1 Å². The van der Waals surface area contributed by atoms with Crippen molar-refractivity contribution in [3.05, 3.63) is 86.4 Å². The van der Waals surface area contributed by atoms with Crippen molar-refractivity contribution in [2.75, 3.05) is 23.0 Å². The smallest absolute Gasteiger partial charge is 0.257 e. The third kappa shape index (κ3) is 5.50. The highest BCUT2D eigenvalue weighted by molar-refractivity contribution is 6.53. The van der Waals surface area contributed by atoms with Crippen molar-refractivity contribution in [2.45, 2.75) is 17.2 Å². The summed E-state index contributed by atoms with van der Waals surface area (Å²) in [4.78, 5) is 26.0. The molecule has 0 spiro atoms. The first-order valence-electron chi connectivity index (χ1n) is 10.5. The first-order chi connectivity index (χ1) is 16.5. The Morgan fingerprint density at radius 2 is 1.51 bits per heavy atom. The van der Waals surface area contributed by atoms with Crippen LogP contribution in [0.1, 0.15) is 27.4 Å². The highest BCUT2D eigenvalue weighted by Crippen LogP contribution is 2.65. The number of amides is 2. The van der Waals surface area contributed by atoms with Gasteiger partial charge in [0.25, 0.3) is 5.91 Å². The van der Waals surface area contributed by atoms with Gasteiger partial charge in [-0.15, -0.1) is 23.2 Å². The lowest BCUT2D eigenvalue weighted by molar-refractivity contribution is -0.117. The number of aryl methyl sites for hydroxylation is 1. The van der Waals surface area contributed by atoms with E-state index in [0.29, 0.717) is 27.0 Å². The number of rotatable bonds is 6. The monoisotopic (exact) mass is 569 g/mol. The number of hydrogen-bond acceptors (Lipinski definition) is 3. The fourth-order valence-electron chi connectivity index (χ4n) is 3.97. The van der Waals surface area contributed by atoms with Crippen molar-refractivity contribution < 1.29 is 9.59 Å². The van der Waals surface area contributed by atoms with Gasteiger partial charge in [-0.05, 0) is 72.6 Å². The minimum Gasteiger partial charge on any atom is -0.388 e. The Kier molecular flexibility index (Phi) is 7.46. The van der Waals surface area contributed by atoms with Gasteiger partial charge in [0.1, 0.15) is 4.33 Å². The van der Waals surface area contributed by atoms with Gasteiger partial charge in [-0.1, -0.05) is 34.8 Å². The molecule has 1 aliphatic carbocycles. The van der Waals surface area contributed by atoms with Crippen LogP contribution in [0.4, 0.5) is 17.1 Å². The molecular formula is C25H20Cl5N3O2. The third-order valence-corrected chi connectivity index (χ3v) is 7.53. The van der Waals surface area contributed by atoms with Crippen LogP contribution >= 0.6 is 58.0 Å². The molecule has 0 saturated heterocycles. The van der Waals surface area contributed by atoms with E-state index < -0.39 is 28.0 Å². The molecule has 1 aliphatic rings. The summed E-state index contributed by atoms with van der Waals surface area (Å²) in [5, 5.41) is 9.77. The van der Waals surface area contributed by atoms with Crippen molar-refractivity contribution in [1.29, 1.82) is 0 Å². The van der Waals surface area contributed by atoms with Crippen LogP contribution in [-0.2, 0) is 4.79 Å². The number of carbonyl (C=O) groups is 2. The van der Waals surface area contributed by atoms with Gasteiger partial charge in [0.05, 0.1) is 16.5 Å². The number of halogens is 5. The van der Waals surface area contributed by atoms with Crippen LogP contribution in [0.3, 0.4) is 0 Å². The standard InChI is InChI=1S/C25H20Cl5N3O2/c1-12-7-16(31-2)4-6-20(12)33-23(34)18-11-17(3-5-19(18)28)32-24(35)22-21(25(22,29)30)13-8-14(26)10-15(27)9-13/h3-11,21-22,31H,1-2H3,(H,32,35)(H,33,34)/t21-,22+/m0/s1. The van der Waals surface area contributed by atoms with E-state index >= 15 is 0 Å². The summed E-state index contributed by atoms with van der Waals surface area (Å²) in [6.45, 7) is 1.89. The van der Waals surface area contributed by atoms with E-state index in [9.17, 15) is 9.59 Å². The zero-order chi connectivity index (χ0) is 25.5. The van der Waals surface area contributed by atoms with Gasteiger partial charge >= 0.3 is 0 Å². The maximum Gasteiger partial charge on any atom is 0.257 e. The first kappa shape index (κ1) is 25.9. The number of anilines is 3. The molecule has 0 bridgehead atoms. The molecule has 1 fully saturated rings.